The number of nitrogens with one attached hydrogen (secondary N) is 1. The van der Waals surface area contributed by atoms with Gasteiger partial charge in [0.1, 0.15) is 5.82 Å². The summed E-state index contributed by atoms with van der Waals surface area (Å²) in [5.74, 6) is -0.0677. The molecular weight excluding hydrogens is 358 g/mol. The molecule has 2 aliphatic rings. The van der Waals surface area contributed by atoms with Gasteiger partial charge in [-0.05, 0) is 43.7 Å². The lowest BCUT2D eigenvalue weighted by Gasteiger charge is -2.33. The van der Waals surface area contributed by atoms with Crippen molar-refractivity contribution >= 4 is 17.9 Å². The average molecular weight is 383 g/mol. The molecule has 0 atom stereocenters. The molecule has 0 aromatic carbocycles. The quantitative estimate of drug-likeness (QED) is 0.843. The van der Waals surface area contributed by atoms with E-state index in [2.05, 4.69) is 33.1 Å². The largest absolute Gasteiger partial charge is 0.503 e. The number of carbonyl (C=O) groups is 1. The summed E-state index contributed by atoms with van der Waals surface area (Å²) >= 11 is 0. The lowest BCUT2D eigenvalue weighted by atomic mass is 9.96. The van der Waals surface area contributed by atoms with Gasteiger partial charge >= 0.3 is 0 Å². The Morgan fingerprint density at radius 2 is 2.07 bits per heavy atom. The lowest BCUT2D eigenvalue weighted by molar-refractivity contribution is 0.0952. The summed E-state index contributed by atoms with van der Waals surface area (Å²) in [6, 6.07) is 0. The number of fused-ring (bicyclic) bond motifs is 1. The fourth-order valence-electron chi connectivity index (χ4n) is 4.51. The molecule has 0 radical (unpaired) electrons. The van der Waals surface area contributed by atoms with Crippen LogP contribution in [0.15, 0.2) is 22.2 Å². The van der Waals surface area contributed by atoms with E-state index < -0.39 is 17.1 Å². The summed E-state index contributed by atoms with van der Waals surface area (Å²) in [6.07, 6.45) is 11.5. The van der Waals surface area contributed by atoms with Crippen LogP contribution in [0.4, 0.5) is 5.82 Å². The molecule has 28 heavy (non-hydrogen) atoms. The first-order chi connectivity index (χ1) is 13.4. The van der Waals surface area contributed by atoms with Crippen LogP contribution in [0.3, 0.4) is 0 Å². The van der Waals surface area contributed by atoms with Crippen molar-refractivity contribution in [1.29, 1.82) is 0 Å². The molecule has 8 nitrogen and oxygen atoms in total. The topological polar surface area (TPSA) is 102 Å². The number of amides is 1. The van der Waals surface area contributed by atoms with Crippen LogP contribution < -0.4 is 10.7 Å². The zero-order valence-electron chi connectivity index (χ0n) is 16.2. The second-order valence-corrected chi connectivity index (χ2v) is 7.73. The molecule has 2 N–H and O–H groups in total. The molecule has 1 amide bonds. The maximum Gasteiger partial charge on any atom is 0.275 e. The van der Waals surface area contributed by atoms with Crippen molar-refractivity contribution in [2.75, 3.05) is 7.05 Å². The third-order valence-corrected chi connectivity index (χ3v) is 5.93. The van der Waals surface area contributed by atoms with Gasteiger partial charge in [0.05, 0.1) is 18.3 Å². The molecule has 0 bridgehead atoms. The van der Waals surface area contributed by atoms with Crippen LogP contribution in [0.25, 0.3) is 0 Å². The lowest BCUT2D eigenvalue weighted by Crippen LogP contribution is -2.37. The fourth-order valence-corrected chi connectivity index (χ4v) is 4.51. The highest BCUT2D eigenvalue weighted by molar-refractivity contribution is 5.92. The number of aromatic nitrogens is 3. The van der Waals surface area contributed by atoms with Gasteiger partial charge < -0.3 is 15.0 Å². The van der Waals surface area contributed by atoms with Crippen molar-refractivity contribution in [2.24, 2.45) is 4.99 Å². The summed E-state index contributed by atoms with van der Waals surface area (Å²) in [5.41, 5.74) is 1.23. The molecule has 0 unspecified atom stereocenters. The molecule has 4 rings (SSSR count). The Morgan fingerprint density at radius 1 is 1.32 bits per heavy atom. The van der Waals surface area contributed by atoms with Crippen LogP contribution in [-0.4, -0.2) is 38.6 Å². The van der Waals surface area contributed by atoms with Crippen LogP contribution in [0.2, 0.25) is 0 Å². The summed E-state index contributed by atoms with van der Waals surface area (Å²) in [6.45, 7) is 2.58. The molecule has 2 aromatic rings. The van der Waals surface area contributed by atoms with Gasteiger partial charge in [0.25, 0.3) is 11.3 Å². The van der Waals surface area contributed by atoms with Crippen LogP contribution in [0.5, 0.6) is 5.75 Å². The monoisotopic (exact) mass is 383 g/mol. The van der Waals surface area contributed by atoms with Crippen LogP contribution in [-0.2, 0) is 18.5 Å². The summed E-state index contributed by atoms with van der Waals surface area (Å²) in [5, 5.41) is 16.7. The number of rotatable bonds is 4. The Balaban J connectivity index is 1.79. The number of carbonyl (C=O) groups excluding carboxylic acids is 1. The molecule has 8 heteroatoms. The van der Waals surface area contributed by atoms with E-state index >= 15 is 0 Å². The number of hydrogen-bond donors (Lipinski definition) is 2. The Kier molecular flexibility index (Phi) is 4.56. The van der Waals surface area contributed by atoms with Gasteiger partial charge in [-0.3, -0.25) is 14.3 Å². The summed E-state index contributed by atoms with van der Waals surface area (Å²) in [4.78, 5) is 28.8. The number of aryl methyl sites for hydroxylation is 1. The third kappa shape index (κ3) is 2.93. The van der Waals surface area contributed by atoms with E-state index in [1.807, 2.05) is 6.21 Å². The van der Waals surface area contributed by atoms with E-state index in [4.69, 9.17) is 0 Å². The second-order valence-electron chi connectivity index (χ2n) is 7.73. The minimum absolute atomic E-state index is 0.249. The Hall–Kier alpha value is -2.90. The van der Waals surface area contributed by atoms with E-state index in [0.29, 0.717) is 6.54 Å². The van der Waals surface area contributed by atoms with Gasteiger partial charge in [0.2, 0.25) is 0 Å². The van der Waals surface area contributed by atoms with E-state index in [0.717, 1.165) is 44.3 Å². The maximum atomic E-state index is 12.1. The van der Waals surface area contributed by atoms with Crippen LogP contribution in [0, 0.1) is 6.92 Å². The summed E-state index contributed by atoms with van der Waals surface area (Å²) in [7, 11) is 1.43. The Morgan fingerprint density at radius 3 is 2.79 bits per heavy atom. The Bertz CT molecular complexity index is 1010. The number of aliphatic imine (C=N–C) groups is 1. The first kappa shape index (κ1) is 18.5. The van der Waals surface area contributed by atoms with Crippen molar-refractivity contribution in [2.45, 2.75) is 57.5 Å². The van der Waals surface area contributed by atoms with Gasteiger partial charge in [0, 0.05) is 19.5 Å². The van der Waals surface area contributed by atoms with Gasteiger partial charge in [-0.2, -0.15) is 5.10 Å². The van der Waals surface area contributed by atoms with Crippen LogP contribution >= 0.6 is 0 Å². The third-order valence-electron chi connectivity index (χ3n) is 5.93. The standard InChI is InChI=1S/C20H25N5O3/c1-13-10-25(18-14(13)6-5-9-22-18)20(7-3-4-8-20)12-24-11-15(26)17(27)16(23-24)19(28)21-2/h9-11,26H,3-8,12H2,1-2H3,(H,21,28). The predicted molar refractivity (Wildman–Crippen MR) is 106 cm³/mol. The van der Waals surface area contributed by atoms with Crippen molar-refractivity contribution < 1.29 is 9.90 Å². The minimum Gasteiger partial charge on any atom is -0.503 e. The van der Waals surface area contributed by atoms with E-state index in [1.54, 1.807) is 0 Å². The summed E-state index contributed by atoms with van der Waals surface area (Å²) < 4.78 is 3.79. The molecule has 0 spiro atoms. The molecule has 148 valence electrons. The molecular formula is C20H25N5O3. The van der Waals surface area contributed by atoms with Crippen molar-refractivity contribution in [1.82, 2.24) is 19.7 Å². The maximum absolute atomic E-state index is 12.1. The van der Waals surface area contributed by atoms with Crippen molar-refractivity contribution in [3.05, 3.63) is 39.4 Å². The minimum atomic E-state index is -0.755. The van der Waals surface area contributed by atoms with Gasteiger partial charge in [0.15, 0.2) is 11.4 Å². The number of nitrogens with zero attached hydrogens (tertiary/aromatic N) is 4. The zero-order chi connectivity index (χ0) is 19.9. The molecule has 1 saturated carbocycles. The zero-order valence-corrected chi connectivity index (χ0v) is 16.2. The molecule has 1 fully saturated rings. The SMILES string of the molecule is CNC(=O)c1nn(CC2(n3cc(C)c4c3N=CCC4)CCCC2)cc(O)c1=O. The Labute approximate surface area is 162 Å². The molecule has 0 saturated heterocycles. The first-order valence-corrected chi connectivity index (χ1v) is 9.72. The van der Waals surface area contributed by atoms with Crippen molar-refractivity contribution in [3.8, 4) is 5.75 Å². The highest BCUT2D eigenvalue weighted by Gasteiger charge is 2.39. The normalized spacial score (nSPS) is 17.5. The van der Waals surface area contributed by atoms with E-state index in [-0.39, 0.29) is 11.2 Å². The van der Waals surface area contributed by atoms with Gasteiger partial charge in [-0.25, -0.2) is 4.99 Å². The number of hydrogen-bond acceptors (Lipinski definition) is 5. The van der Waals surface area contributed by atoms with Gasteiger partial charge in [-0.15, -0.1) is 0 Å². The highest BCUT2D eigenvalue weighted by atomic mass is 16.3. The van der Waals surface area contributed by atoms with Crippen LogP contribution in [0.1, 0.15) is 53.7 Å². The molecule has 1 aliphatic carbocycles. The first-order valence-electron chi connectivity index (χ1n) is 9.72. The van der Waals surface area contributed by atoms with Gasteiger partial charge in [-0.1, -0.05) is 12.8 Å². The smallest absolute Gasteiger partial charge is 0.275 e. The molecule has 3 heterocycles. The molecule has 2 aromatic heterocycles. The predicted octanol–water partition coefficient (Wildman–Crippen LogP) is 2.04. The van der Waals surface area contributed by atoms with E-state index in [1.165, 1.54) is 29.1 Å². The number of aromatic hydroxyl groups is 1. The highest BCUT2D eigenvalue weighted by Crippen LogP contribution is 2.43. The fraction of sp³-hybridized carbons (Fsp3) is 0.500. The van der Waals surface area contributed by atoms with Crippen molar-refractivity contribution in [3.63, 3.8) is 0 Å². The van der Waals surface area contributed by atoms with E-state index in [9.17, 15) is 14.7 Å². The second kappa shape index (κ2) is 6.92. The average Bonchev–Trinajstić information content (AvgIpc) is 3.30. The molecule has 1 aliphatic heterocycles.